The fourth-order valence-corrected chi connectivity index (χ4v) is 7.06. The van der Waals surface area contributed by atoms with E-state index in [4.69, 9.17) is 15.5 Å². The van der Waals surface area contributed by atoms with Crippen molar-refractivity contribution in [3.63, 3.8) is 0 Å². The largest absolute Gasteiger partial charge is 0.505 e. The van der Waals surface area contributed by atoms with E-state index in [1.54, 1.807) is 19.2 Å². The normalized spacial score (nSPS) is 12.4. The van der Waals surface area contributed by atoms with Crippen LogP contribution in [-0.4, -0.2) is 64.1 Å². The lowest BCUT2D eigenvalue weighted by Crippen LogP contribution is -2.19. The van der Waals surface area contributed by atoms with E-state index in [0.29, 0.717) is 16.9 Å². The third kappa shape index (κ3) is 10.8. The number of phenolic OH excluding ortho intramolecular Hbond substituents is 1. The second-order valence-corrected chi connectivity index (χ2v) is 15.8. The topological polar surface area (TPSA) is 308 Å². The zero-order valence-electron chi connectivity index (χ0n) is 26.0. The molecule has 0 aliphatic carbocycles. The van der Waals surface area contributed by atoms with Gasteiger partial charge in [-0.1, -0.05) is 5.04 Å². The fraction of sp³-hybridized carbons (Fsp3) is 0.111. The van der Waals surface area contributed by atoms with Crippen molar-refractivity contribution < 1.29 is 63.3 Å². The molecule has 52 heavy (non-hydrogen) atoms. The van der Waals surface area contributed by atoms with Gasteiger partial charge in [-0.3, -0.25) is 14.0 Å². The zero-order valence-corrected chi connectivity index (χ0v) is 30.0. The number of nitrogens with zero attached hydrogens (tertiary/aromatic N) is 4. The number of hydrogen-bond acceptors (Lipinski definition) is 20. The minimum atomic E-state index is -5.01. The van der Waals surface area contributed by atoms with Crippen molar-refractivity contribution in [2.75, 3.05) is 25.1 Å². The van der Waals surface area contributed by atoms with Crippen LogP contribution in [0.4, 0.5) is 28.4 Å². The van der Waals surface area contributed by atoms with Crippen LogP contribution in [0, 0.1) is 11.4 Å². The SMILES string of the molecule is CNCCS(=O)(=O)c1ccc(N=Nc2c(S(=O)(=O)O)cc3cc(SOOO)c(N=Nc4ccc(SC#COOS(=O)(=O)O)cc4)c(O)c3c2N)cc1. The van der Waals surface area contributed by atoms with Gasteiger partial charge in [-0.2, -0.15) is 27.1 Å². The van der Waals surface area contributed by atoms with Crippen LogP contribution < -0.4 is 11.1 Å². The average Bonchev–Trinajstić information content (AvgIpc) is 3.08. The summed E-state index contributed by atoms with van der Waals surface area (Å²) >= 11 is 1.24. The molecule has 0 unspecified atom stereocenters. The highest BCUT2D eigenvalue weighted by molar-refractivity contribution is 8.04. The van der Waals surface area contributed by atoms with Gasteiger partial charge < -0.3 is 16.2 Å². The van der Waals surface area contributed by atoms with E-state index < -0.39 is 52.4 Å². The summed E-state index contributed by atoms with van der Waals surface area (Å²) in [6.45, 7) is 0.227. The van der Waals surface area contributed by atoms with Crippen LogP contribution in [0.5, 0.6) is 5.75 Å². The summed E-state index contributed by atoms with van der Waals surface area (Å²) in [6.07, 6.45) is 1.89. The standard InChI is InChI=1S/C27H24N6O14S5/c1-29-10-13-50(36,37)20-8-4-18(5-9-20)31-33-26-22(51(38,39)40)15-16-14-21(49-46-45-35)25(27(34)23(16)24(26)28)32-30-17-2-6-19(7-3-17)48-12-11-44-47-52(41,42)43/h2-9,14-15,29,34-35H,10,13,28H2,1H3,(H,38,39,40)(H,41,42,43). The number of hydrogen-bond donors (Lipinski definition) is 6. The number of benzene rings is 4. The van der Waals surface area contributed by atoms with Crippen molar-refractivity contribution in [2.45, 2.75) is 19.6 Å². The number of azo groups is 2. The molecule has 0 aliphatic rings. The van der Waals surface area contributed by atoms with E-state index in [1.165, 1.54) is 42.5 Å². The van der Waals surface area contributed by atoms with Crippen molar-refractivity contribution in [3.8, 4) is 17.1 Å². The molecule has 4 aromatic rings. The van der Waals surface area contributed by atoms with Crippen molar-refractivity contribution in [1.82, 2.24) is 5.32 Å². The van der Waals surface area contributed by atoms with E-state index >= 15 is 0 Å². The summed E-state index contributed by atoms with van der Waals surface area (Å²) in [5.41, 5.74) is 5.32. The molecule has 0 heterocycles. The molecule has 0 spiro atoms. The third-order valence-electron chi connectivity index (χ3n) is 6.30. The van der Waals surface area contributed by atoms with Crippen LogP contribution in [0.25, 0.3) is 10.8 Å². The highest BCUT2D eigenvalue weighted by Crippen LogP contribution is 2.49. The third-order valence-corrected chi connectivity index (χ3v) is 10.5. The molecule has 0 aliphatic heterocycles. The summed E-state index contributed by atoms with van der Waals surface area (Å²) < 4.78 is 97.2. The predicted octanol–water partition coefficient (Wildman–Crippen LogP) is 5.39. The van der Waals surface area contributed by atoms with Crippen LogP contribution in [0.15, 0.2) is 101 Å². The van der Waals surface area contributed by atoms with Crippen molar-refractivity contribution in [3.05, 3.63) is 60.7 Å². The highest BCUT2D eigenvalue weighted by atomic mass is 32.3. The number of nitrogens with two attached hydrogens (primary N) is 1. The van der Waals surface area contributed by atoms with Gasteiger partial charge in [0.15, 0.2) is 21.7 Å². The lowest BCUT2D eigenvalue weighted by atomic mass is 10.1. The van der Waals surface area contributed by atoms with Gasteiger partial charge in [0.25, 0.3) is 10.1 Å². The highest BCUT2D eigenvalue weighted by Gasteiger charge is 2.25. The quantitative estimate of drug-likeness (QED) is 0.0128. The molecule has 0 saturated heterocycles. The smallest absolute Gasteiger partial charge is 0.433 e. The van der Waals surface area contributed by atoms with Gasteiger partial charge in [-0.05, 0) is 89.2 Å². The summed E-state index contributed by atoms with van der Waals surface area (Å²) in [5.74, 6) is -0.813. The number of sulfone groups is 1. The monoisotopic (exact) mass is 816 g/mol. The van der Waals surface area contributed by atoms with E-state index in [1.807, 2.05) is 6.11 Å². The summed E-state index contributed by atoms with van der Waals surface area (Å²) in [4.78, 5) is 3.70. The summed E-state index contributed by atoms with van der Waals surface area (Å²) in [7, 11) is -11.8. The molecule has 0 fully saturated rings. The molecule has 0 atom stereocenters. The maximum atomic E-state index is 12.5. The van der Waals surface area contributed by atoms with Crippen molar-refractivity contribution >= 4 is 93.4 Å². The first-order chi connectivity index (χ1) is 24.5. The Morgan fingerprint density at radius 3 is 2.08 bits per heavy atom. The maximum absolute atomic E-state index is 12.5. The molecule has 0 amide bonds. The molecule has 0 bridgehead atoms. The van der Waals surface area contributed by atoms with Gasteiger partial charge in [0.2, 0.25) is 0 Å². The van der Waals surface area contributed by atoms with Gasteiger partial charge in [-0.25, -0.2) is 13.7 Å². The molecule has 7 N–H and O–H groups in total. The van der Waals surface area contributed by atoms with E-state index in [0.717, 1.165) is 17.8 Å². The lowest BCUT2D eigenvalue weighted by Gasteiger charge is -2.14. The first-order valence-corrected chi connectivity index (χ1v) is 19.7. The first kappa shape index (κ1) is 40.3. The Labute approximate surface area is 303 Å². The van der Waals surface area contributed by atoms with E-state index in [9.17, 15) is 34.9 Å². The molecule has 276 valence electrons. The van der Waals surface area contributed by atoms with E-state index in [-0.39, 0.29) is 49.9 Å². The van der Waals surface area contributed by atoms with Gasteiger partial charge in [0.1, 0.15) is 16.3 Å². The van der Waals surface area contributed by atoms with Gasteiger partial charge in [0.05, 0.1) is 50.0 Å². The number of fused-ring (bicyclic) bond motifs is 1. The van der Waals surface area contributed by atoms with Crippen LogP contribution in [0.2, 0.25) is 0 Å². The molecule has 4 rings (SSSR count). The minimum Gasteiger partial charge on any atom is -0.505 e. The number of aromatic hydroxyl groups is 1. The van der Waals surface area contributed by atoms with Gasteiger partial charge in [-0.15, -0.1) is 14.6 Å². The predicted molar refractivity (Wildman–Crippen MR) is 185 cm³/mol. The van der Waals surface area contributed by atoms with Crippen molar-refractivity contribution in [2.24, 2.45) is 20.5 Å². The van der Waals surface area contributed by atoms with Gasteiger partial charge >= 0.3 is 10.4 Å². The van der Waals surface area contributed by atoms with Crippen molar-refractivity contribution in [1.29, 1.82) is 0 Å². The number of nitrogens with one attached hydrogen (secondary N) is 1. The molecule has 0 saturated carbocycles. The molecule has 0 radical (unpaired) electrons. The molecule has 0 aromatic heterocycles. The molecular formula is C27H24N6O14S5. The molecule has 20 nitrogen and oxygen atoms in total. The Kier molecular flexibility index (Phi) is 13.5. The van der Waals surface area contributed by atoms with Gasteiger partial charge in [0, 0.05) is 16.7 Å². The Morgan fingerprint density at radius 2 is 1.50 bits per heavy atom. The Bertz CT molecular complexity index is 2400. The number of phenols is 1. The number of rotatable bonds is 15. The number of thioether (sulfide) groups is 1. The summed E-state index contributed by atoms with van der Waals surface area (Å²) in [5, 5.41) is 44.5. The average molecular weight is 817 g/mol. The van der Waals surface area contributed by atoms with Crippen LogP contribution in [0.1, 0.15) is 0 Å². The molecule has 4 aromatic carbocycles. The number of nitrogen functional groups attached to an aromatic ring is 1. The fourth-order valence-electron chi connectivity index (χ4n) is 4.05. The maximum Gasteiger partial charge on any atom is 0.433 e. The van der Waals surface area contributed by atoms with Crippen LogP contribution in [-0.2, 0) is 48.9 Å². The Morgan fingerprint density at radius 1 is 0.885 bits per heavy atom. The Balaban J connectivity index is 1.72. The molecular weight excluding hydrogens is 793 g/mol. The number of anilines is 1. The minimum absolute atomic E-state index is 0.0164. The second kappa shape index (κ2) is 17.4. The second-order valence-electron chi connectivity index (χ2n) is 9.70. The molecule has 25 heteroatoms. The van der Waals surface area contributed by atoms with Crippen LogP contribution in [0.3, 0.4) is 0 Å². The van der Waals surface area contributed by atoms with E-state index in [2.05, 4.69) is 49.6 Å². The zero-order chi connectivity index (χ0) is 38.1. The first-order valence-electron chi connectivity index (χ1n) is 13.7. The summed E-state index contributed by atoms with van der Waals surface area (Å²) in [6, 6.07) is 13.4. The van der Waals surface area contributed by atoms with Crippen LogP contribution >= 0.6 is 23.8 Å². The lowest BCUT2D eigenvalue weighted by molar-refractivity contribution is -0.432. The Hall–Kier alpha value is -4.43.